The van der Waals surface area contributed by atoms with Crippen molar-refractivity contribution in [2.45, 2.75) is 20.3 Å². The third kappa shape index (κ3) is 3.83. The molecule has 4 rings (SSSR count). The number of nitrogens with zero attached hydrogens (tertiary/aromatic N) is 4. The first-order chi connectivity index (χ1) is 13.5. The minimum atomic E-state index is -0.219. The highest BCUT2D eigenvalue weighted by Gasteiger charge is 2.49. The number of anilines is 2. The minimum Gasteiger partial charge on any atom is -0.339 e. The Morgan fingerprint density at radius 1 is 1.04 bits per heavy atom. The van der Waals surface area contributed by atoms with Gasteiger partial charge in [-0.2, -0.15) is 0 Å². The van der Waals surface area contributed by atoms with E-state index in [0.717, 1.165) is 16.8 Å². The fourth-order valence-electron chi connectivity index (χ4n) is 3.75. The molecule has 0 spiro atoms. The summed E-state index contributed by atoms with van der Waals surface area (Å²) in [5.41, 5.74) is 3.02. The first-order valence-corrected chi connectivity index (χ1v) is 9.72. The minimum absolute atomic E-state index is 0.0541. The van der Waals surface area contributed by atoms with E-state index in [2.05, 4.69) is 20.2 Å². The van der Waals surface area contributed by atoms with Gasteiger partial charge in [0.05, 0.1) is 11.8 Å². The van der Waals surface area contributed by atoms with Crippen LogP contribution in [0, 0.1) is 25.7 Å². The van der Waals surface area contributed by atoms with Crippen molar-refractivity contribution in [2.75, 3.05) is 36.4 Å². The van der Waals surface area contributed by atoms with Crippen LogP contribution in [0.5, 0.6) is 0 Å². The molecule has 7 nitrogen and oxygen atoms in total. The molecule has 1 aromatic heterocycles. The molecule has 1 N–H and O–H groups in total. The zero-order valence-electron chi connectivity index (χ0n) is 16.3. The summed E-state index contributed by atoms with van der Waals surface area (Å²) in [7, 11) is 0. The molecule has 2 amide bonds. The molecule has 146 valence electrons. The lowest BCUT2D eigenvalue weighted by Crippen LogP contribution is -2.50. The zero-order chi connectivity index (χ0) is 19.7. The average Bonchev–Trinajstić information content (AvgIpc) is 3.51. The van der Waals surface area contributed by atoms with Crippen molar-refractivity contribution in [3.05, 3.63) is 47.8 Å². The molecular weight excluding hydrogens is 354 g/mol. The van der Waals surface area contributed by atoms with Gasteiger partial charge in [0, 0.05) is 44.3 Å². The van der Waals surface area contributed by atoms with Crippen molar-refractivity contribution >= 4 is 23.5 Å². The van der Waals surface area contributed by atoms with E-state index in [-0.39, 0.29) is 23.7 Å². The highest BCUT2D eigenvalue weighted by Crippen LogP contribution is 2.41. The number of benzene rings is 1. The summed E-state index contributed by atoms with van der Waals surface area (Å²) in [6.45, 7) is 6.70. The highest BCUT2D eigenvalue weighted by atomic mass is 16.2. The Hall–Kier alpha value is -2.96. The van der Waals surface area contributed by atoms with Crippen LogP contribution in [0.1, 0.15) is 17.5 Å². The third-order valence-corrected chi connectivity index (χ3v) is 5.51. The second kappa shape index (κ2) is 7.58. The molecule has 7 heteroatoms. The molecule has 2 aromatic rings. The topological polar surface area (TPSA) is 78.4 Å². The average molecular weight is 379 g/mol. The number of amides is 2. The first kappa shape index (κ1) is 18.4. The second-order valence-corrected chi connectivity index (χ2v) is 7.62. The molecule has 0 radical (unpaired) electrons. The number of rotatable bonds is 4. The van der Waals surface area contributed by atoms with Gasteiger partial charge in [0.25, 0.3) is 0 Å². The summed E-state index contributed by atoms with van der Waals surface area (Å²) >= 11 is 0. The lowest BCUT2D eigenvalue weighted by atomic mass is 10.1. The Morgan fingerprint density at radius 3 is 2.43 bits per heavy atom. The molecule has 1 saturated heterocycles. The number of piperazine rings is 1. The van der Waals surface area contributed by atoms with Gasteiger partial charge in [-0.25, -0.2) is 9.97 Å². The first-order valence-electron chi connectivity index (χ1n) is 9.72. The van der Waals surface area contributed by atoms with Gasteiger partial charge < -0.3 is 15.1 Å². The Balaban J connectivity index is 1.29. The van der Waals surface area contributed by atoms with E-state index < -0.39 is 0 Å². The van der Waals surface area contributed by atoms with Crippen molar-refractivity contribution in [3.63, 3.8) is 0 Å². The number of hydrogen-bond donors (Lipinski definition) is 1. The van der Waals surface area contributed by atoms with Crippen molar-refractivity contribution in [2.24, 2.45) is 11.8 Å². The van der Waals surface area contributed by atoms with Crippen LogP contribution in [0.4, 0.5) is 11.6 Å². The van der Waals surface area contributed by atoms with Crippen molar-refractivity contribution in [1.82, 2.24) is 14.9 Å². The van der Waals surface area contributed by atoms with Crippen LogP contribution in [-0.4, -0.2) is 52.9 Å². The quantitative estimate of drug-likeness (QED) is 0.879. The summed E-state index contributed by atoms with van der Waals surface area (Å²) in [6.07, 6.45) is 4.09. The molecule has 1 saturated carbocycles. The van der Waals surface area contributed by atoms with Gasteiger partial charge in [-0.3, -0.25) is 9.59 Å². The van der Waals surface area contributed by atoms with Gasteiger partial charge in [0.15, 0.2) is 0 Å². The lowest BCUT2D eigenvalue weighted by molar-refractivity contribution is -0.134. The summed E-state index contributed by atoms with van der Waals surface area (Å²) in [5.74, 6) is 0.330. The van der Waals surface area contributed by atoms with Crippen molar-refractivity contribution < 1.29 is 9.59 Å². The maximum absolute atomic E-state index is 12.8. The summed E-state index contributed by atoms with van der Waals surface area (Å²) < 4.78 is 0. The number of carbonyl (C=O) groups is 2. The molecule has 2 heterocycles. The molecule has 2 aliphatic rings. The van der Waals surface area contributed by atoms with Crippen LogP contribution >= 0.6 is 0 Å². The molecule has 1 aliphatic carbocycles. The van der Waals surface area contributed by atoms with E-state index in [4.69, 9.17) is 0 Å². The van der Waals surface area contributed by atoms with Crippen LogP contribution in [0.25, 0.3) is 0 Å². The lowest BCUT2D eigenvalue weighted by Gasteiger charge is -2.34. The van der Waals surface area contributed by atoms with Gasteiger partial charge >= 0.3 is 0 Å². The van der Waals surface area contributed by atoms with Crippen LogP contribution in [-0.2, 0) is 9.59 Å². The highest BCUT2D eigenvalue weighted by molar-refractivity contribution is 6.00. The van der Waals surface area contributed by atoms with E-state index in [1.54, 1.807) is 18.5 Å². The van der Waals surface area contributed by atoms with Crippen LogP contribution in [0.3, 0.4) is 0 Å². The Morgan fingerprint density at radius 2 is 1.75 bits per heavy atom. The summed E-state index contributed by atoms with van der Waals surface area (Å²) in [5, 5.41) is 2.98. The summed E-state index contributed by atoms with van der Waals surface area (Å²) in [4.78, 5) is 37.8. The number of aromatic nitrogens is 2. The SMILES string of the molecule is Cc1ccc(NC(=O)C2CC2C(=O)N2CCN(c3ncccn3)CC2)c(C)c1. The number of carbonyl (C=O) groups excluding carboxylic acids is 2. The van der Waals surface area contributed by atoms with E-state index in [1.165, 1.54) is 0 Å². The molecular formula is C21H25N5O2. The predicted octanol–water partition coefficient (Wildman–Crippen LogP) is 2.02. The monoisotopic (exact) mass is 379 g/mol. The van der Waals surface area contributed by atoms with Crippen molar-refractivity contribution in [1.29, 1.82) is 0 Å². The normalized spacial score (nSPS) is 21.4. The van der Waals surface area contributed by atoms with Gasteiger partial charge in [0.1, 0.15) is 0 Å². The molecule has 28 heavy (non-hydrogen) atoms. The third-order valence-electron chi connectivity index (χ3n) is 5.51. The maximum atomic E-state index is 12.8. The largest absolute Gasteiger partial charge is 0.339 e. The smallest absolute Gasteiger partial charge is 0.228 e. The predicted molar refractivity (Wildman–Crippen MR) is 107 cm³/mol. The van der Waals surface area contributed by atoms with E-state index in [0.29, 0.717) is 38.5 Å². The maximum Gasteiger partial charge on any atom is 0.228 e. The number of hydrogen-bond acceptors (Lipinski definition) is 5. The van der Waals surface area contributed by atoms with Gasteiger partial charge in [-0.05, 0) is 38.0 Å². The molecule has 1 aromatic carbocycles. The van der Waals surface area contributed by atoms with Gasteiger partial charge in [-0.15, -0.1) is 0 Å². The second-order valence-electron chi connectivity index (χ2n) is 7.62. The van der Waals surface area contributed by atoms with Crippen LogP contribution < -0.4 is 10.2 Å². The number of nitrogens with one attached hydrogen (secondary N) is 1. The van der Waals surface area contributed by atoms with Crippen LogP contribution in [0.2, 0.25) is 0 Å². The Labute approximate surface area is 164 Å². The Bertz CT molecular complexity index is 878. The summed E-state index contributed by atoms with van der Waals surface area (Å²) in [6, 6.07) is 7.74. The van der Waals surface area contributed by atoms with Gasteiger partial charge in [0.2, 0.25) is 17.8 Å². The van der Waals surface area contributed by atoms with E-state index in [1.807, 2.05) is 36.9 Å². The van der Waals surface area contributed by atoms with Gasteiger partial charge in [-0.1, -0.05) is 17.7 Å². The molecule has 1 aliphatic heterocycles. The fourth-order valence-corrected chi connectivity index (χ4v) is 3.75. The fraction of sp³-hybridized carbons (Fsp3) is 0.429. The number of aryl methyl sites for hydroxylation is 2. The molecule has 2 fully saturated rings. The zero-order valence-corrected chi connectivity index (χ0v) is 16.3. The molecule has 2 unspecified atom stereocenters. The standard InChI is InChI=1S/C21H25N5O2/c1-14-4-5-18(15(2)12-14)24-19(27)16-13-17(16)20(28)25-8-10-26(11-9-25)21-22-6-3-7-23-21/h3-7,12,16-17H,8-11,13H2,1-2H3,(H,24,27). The molecule has 0 bridgehead atoms. The van der Waals surface area contributed by atoms with E-state index >= 15 is 0 Å². The van der Waals surface area contributed by atoms with E-state index in [9.17, 15) is 9.59 Å². The van der Waals surface area contributed by atoms with Crippen LogP contribution in [0.15, 0.2) is 36.7 Å². The van der Waals surface area contributed by atoms with Crippen molar-refractivity contribution in [3.8, 4) is 0 Å². The molecule has 2 atom stereocenters. The Kier molecular flexibility index (Phi) is 4.98.